The molecular formula is C16H22N2O4. The van der Waals surface area contributed by atoms with E-state index in [0.717, 1.165) is 18.4 Å². The molecule has 0 aliphatic heterocycles. The lowest BCUT2D eigenvalue weighted by Crippen LogP contribution is -2.52. The molecule has 1 aliphatic rings. The van der Waals surface area contributed by atoms with E-state index in [-0.39, 0.29) is 24.7 Å². The second kappa shape index (κ2) is 8.38. The van der Waals surface area contributed by atoms with E-state index < -0.39 is 0 Å². The first kappa shape index (κ1) is 16.3. The molecule has 1 fully saturated rings. The second-order valence-electron chi connectivity index (χ2n) is 5.35. The molecule has 0 radical (unpaired) electrons. The molecule has 0 spiro atoms. The fourth-order valence-corrected chi connectivity index (χ4v) is 2.31. The Morgan fingerprint density at radius 3 is 2.59 bits per heavy atom. The van der Waals surface area contributed by atoms with Crippen LogP contribution < -0.4 is 10.6 Å². The van der Waals surface area contributed by atoms with Gasteiger partial charge in [0.2, 0.25) is 0 Å². The fraction of sp³-hybridized carbons (Fsp3) is 0.500. The zero-order valence-electron chi connectivity index (χ0n) is 12.7. The zero-order chi connectivity index (χ0) is 15.8. The van der Waals surface area contributed by atoms with Crippen LogP contribution in [0.2, 0.25) is 0 Å². The molecular weight excluding hydrogens is 284 g/mol. The predicted molar refractivity (Wildman–Crippen MR) is 81.2 cm³/mol. The number of hydrogen-bond donors (Lipinski definition) is 2. The van der Waals surface area contributed by atoms with E-state index in [1.54, 1.807) is 0 Å². The Labute approximate surface area is 130 Å². The van der Waals surface area contributed by atoms with Gasteiger partial charge in [0, 0.05) is 18.6 Å². The molecule has 1 aliphatic carbocycles. The number of rotatable bonds is 7. The molecule has 120 valence electrons. The van der Waals surface area contributed by atoms with E-state index in [2.05, 4.69) is 15.4 Å². The first-order chi connectivity index (χ1) is 10.7. The van der Waals surface area contributed by atoms with Crippen molar-refractivity contribution in [3.8, 4) is 0 Å². The number of carbonyl (C=O) groups is 2. The van der Waals surface area contributed by atoms with Crippen molar-refractivity contribution in [2.75, 3.05) is 13.7 Å². The van der Waals surface area contributed by atoms with Gasteiger partial charge in [-0.3, -0.25) is 4.79 Å². The maximum atomic E-state index is 11.7. The van der Waals surface area contributed by atoms with Crippen molar-refractivity contribution in [2.24, 2.45) is 0 Å². The summed E-state index contributed by atoms with van der Waals surface area (Å²) in [5.41, 5.74) is 0.966. The van der Waals surface area contributed by atoms with Crippen LogP contribution in [0.15, 0.2) is 30.3 Å². The van der Waals surface area contributed by atoms with Gasteiger partial charge in [0.05, 0.1) is 13.5 Å². The fourth-order valence-electron chi connectivity index (χ4n) is 2.31. The summed E-state index contributed by atoms with van der Waals surface area (Å²) in [4.78, 5) is 22.6. The summed E-state index contributed by atoms with van der Waals surface area (Å²) < 4.78 is 9.73. The minimum atomic E-state index is -0.387. The molecule has 1 saturated carbocycles. The standard InChI is InChI=1S/C16H22N2O4/c1-21-15(19)7-8-17-13-9-14(10-13)18-16(20)22-11-12-5-3-2-4-6-12/h2-6,13-14,17H,7-11H2,1H3,(H,18,20). The van der Waals surface area contributed by atoms with Gasteiger partial charge in [0.15, 0.2) is 0 Å². The summed E-state index contributed by atoms with van der Waals surface area (Å²) in [6.07, 6.45) is 1.68. The van der Waals surface area contributed by atoms with Crippen molar-refractivity contribution in [3.05, 3.63) is 35.9 Å². The van der Waals surface area contributed by atoms with Crippen LogP contribution in [-0.2, 0) is 20.9 Å². The molecule has 0 unspecified atom stereocenters. The molecule has 0 heterocycles. The molecule has 0 atom stereocenters. The van der Waals surface area contributed by atoms with Gasteiger partial charge in [-0.25, -0.2) is 4.79 Å². The topological polar surface area (TPSA) is 76.7 Å². The van der Waals surface area contributed by atoms with E-state index in [1.807, 2.05) is 30.3 Å². The van der Waals surface area contributed by atoms with E-state index >= 15 is 0 Å². The molecule has 0 aromatic heterocycles. The number of amides is 1. The number of benzene rings is 1. The molecule has 22 heavy (non-hydrogen) atoms. The summed E-state index contributed by atoms with van der Waals surface area (Å²) >= 11 is 0. The van der Waals surface area contributed by atoms with Crippen molar-refractivity contribution in [2.45, 2.75) is 38.0 Å². The third-order valence-corrected chi connectivity index (χ3v) is 3.66. The summed E-state index contributed by atoms with van der Waals surface area (Å²) in [5, 5.41) is 6.09. The Morgan fingerprint density at radius 1 is 1.18 bits per heavy atom. The van der Waals surface area contributed by atoms with E-state index in [4.69, 9.17) is 4.74 Å². The van der Waals surface area contributed by atoms with Gasteiger partial charge in [-0.2, -0.15) is 0 Å². The number of alkyl carbamates (subject to hydrolysis) is 1. The lowest BCUT2D eigenvalue weighted by atomic mass is 9.87. The number of esters is 1. The van der Waals surface area contributed by atoms with Gasteiger partial charge >= 0.3 is 12.1 Å². The number of nitrogens with one attached hydrogen (secondary N) is 2. The highest BCUT2D eigenvalue weighted by Gasteiger charge is 2.30. The Kier molecular flexibility index (Phi) is 6.21. The van der Waals surface area contributed by atoms with Gasteiger partial charge in [0.25, 0.3) is 0 Å². The molecule has 6 heteroatoms. The van der Waals surface area contributed by atoms with Gasteiger partial charge in [-0.1, -0.05) is 30.3 Å². The highest BCUT2D eigenvalue weighted by atomic mass is 16.5. The monoisotopic (exact) mass is 306 g/mol. The minimum Gasteiger partial charge on any atom is -0.469 e. The molecule has 1 amide bonds. The van der Waals surface area contributed by atoms with Crippen LogP contribution in [0.3, 0.4) is 0 Å². The van der Waals surface area contributed by atoms with Crippen molar-refractivity contribution >= 4 is 12.1 Å². The average molecular weight is 306 g/mol. The molecule has 1 aromatic rings. The first-order valence-corrected chi connectivity index (χ1v) is 7.45. The van der Waals surface area contributed by atoms with Crippen LogP contribution in [0.25, 0.3) is 0 Å². The Balaban J connectivity index is 1.53. The van der Waals surface area contributed by atoms with Gasteiger partial charge in [-0.15, -0.1) is 0 Å². The molecule has 0 saturated heterocycles. The Bertz CT molecular complexity index is 486. The van der Waals surface area contributed by atoms with Crippen LogP contribution in [0, 0.1) is 0 Å². The van der Waals surface area contributed by atoms with Crippen molar-refractivity contribution in [1.29, 1.82) is 0 Å². The SMILES string of the molecule is COC(=O)CCNC1CC(NC(=O)OCc2ccccc2)C1. The Hall–Kier alpha value is -2.08. The lowest BCUT2D eigenvalue weighted by molar-refractivity contribution is -0.140. The van der Waals surface area contributed by atoms with Crippen LogP contribution >= 0.6 is 0 Å². The number of hydrogen-bond acceptors (Lipinski definition) is 5. The highest BCUT2D eigenvalue weighted by Crippen LogP contribution is 2.20. The Morgan fingerprint density at radius 2 is 1.91 bits per heavy atom. The maximum absolute atomic E-state index is 11.7. The average Bonchev–Trinajstić information content (AvgIpc) is 2.51. The van der Waals surface area contributed by atoms with Crippen LogP contribution in [0.1, 0.15) is 24.8 Å². The molecule has 0 bridgehead atoms. The minimum absolute atomic E-state index is 0.138. The van der Waals surface area contributed by atoms with Gasteiger partial charge in [0.1, 0.15) is 6.61 Å². The van der Waals surface area contributed by atoms with Crippen molar-refractivity contribution in [1.82, 2.24) is 10.6 Å². The molecule has 2 rings (SSSR count). The first-order valence-electron chi connectivity index (χ1n) is 7.45. The smallest absolute Gasteiger partial charge is 0.407 e. The van der Waals surface area contributed by atoms with Crippen molar-refractivity contribution in [3.63, 3.8) is 0 Å². The zero-order valence-corrected chi connectivity index (χ0v) is 12.7. The summed E-state index contributed by atoms with van der Waals surface area (Å²) in [7, 11) is 1.38. The molecule has 6 nitrogen and oxygen atoms in total. The normalized spacial score (nSPS) is 19.9. The van der Waals surface area contributed by atoms with Crippen LogP contribution in [-0.4, -0.2) is 37.8 Å². The third-order valence-electron chi connectivity index (χ3n) is 3.66. The maximum Gasteiger partial charge on any atom is 0.407 e. The summed E-state index contributed by atoms with van der Waals surface area (Å²) in [6.45, 7) is 0.878. The van der Waals surface area contributed by atoms with Crippen molar-refractivity contribution < 1.29 is 19.1 Å². The number of ether oxygens (including phenoxy) is 2. The van der Waals surface area contributed by atoms with E-state index in [1.165, 1.54) is 7.11 Å². The molecule has 2 N–H and O–H groups in total. The third kappa shape index (κ3) is 5.37. The highest BCUT2D eigenvalue weighted by molar-refractivity contribution is 5.69. The number of carbonyl (C=O) groups excluding carboxylic acids is 2. The van der Waals surface area contributed by atoms with E-state index in [0.29, 0.717) is 19.0 Å². The summed E-state index contributed by atoms with van der Waals surface area (Å²) in [5.74, 6) is -0.217. The summed E-state index contributed by atoms with van der Waals surface area (Å²) in [6, 6.07) is 10.0. The van der Waals surface area contributed by atoms with Crippen LogP contribution in [0.4, 0.5) is 4.79 Å². The van der Waals surface area contributed by atoms with Gasteiger partial charge in [-0.05, 0) is 18.4 Å². The van der Waals surface area contributed by atoms with Gasteiger partial charge < -0.3 is 20.1 Å². The predicted octanol–water partition coefficient (Wildman–Crippen LogP) is 1.60. The van der Waals surface area contributed by atoms with Crippen LogP contribution in [0.5, 0.6) is 0 Å². The molecule has 1 aromatic carbocycles. The lowest BCUT2D eigenvalue weighted by Gasteiger charge is -2.36. The van der Waals surface area contributed by atoms with E-state index in [9.17, 15) is 9.59 Å². The largest absolute Gasteiger partial charge is 0.469 e. The number of methoxy groups -OCH3 is 1. The quantitative estimate of drug-likeness (QED) is 0.748. The second-order valence-corrected chi connectivity index (χ2v) is 5.35.